The number of ether oxygens (including phenoxy) is 2. The first-order valence-electron chi connectivity index (χ1n) is 10.2. The molecule has 164 valence electrons. The monoisotopic (exact) mass is 470 g/mol. The van der Waals surface area contributed by atoms with E-state index in [-0.39, 0.29) is 36.1 Å². The van der Waals surface area contributed by atoms with E-state index in [0.717, 1.165) is 18.4 Å². The Hall–Kier alpha value is -3.17. The van der Waals surface area contributed by atoms with E-state index in [0.29, 0.717) is 33.8 Å². The molecule has 1 aromatic heterocycles. The van der Waals surface area contributed by atoms with Crippen molar-refractivity contribution in [2.24, 2.45) is 0 Å². The third-order valence-electron chi connectivity index (χ3n) is 5.42. The van der Waals surface area contributed by atoms with Gasteiger partial charge in [0.25, 0.3) is 5.91 Å². The van der Waals surface area contributed by atoms with E-state index in [1.807, 2.05) is 23.1 Å². The quantitative estimate of drug-likeness (QED) is 0.604. The molecule has 0 bridgehead atoms. The number of amides is 2. The molecule has 0 radical (unpaired) electrons. The summed E-state index contributed by atoms with van der Waals surface area (Å²) < 4.78 is 10.6. The number of nitrogens with zero attached hydrogens (tertiary/aromatic N) is 3. The van der Waals surface area contributed by atoms with Crippen molar-refractivity contribution in [2.45, 2.75) is 25.3 Å². The van der Waals surface area contributed by atoms with Crippen LogP contribution >= 0.6 is 22.9 Å². The second kappa shape index (κ2) is 8.76. The number of halogens is 1. The van der Waals surface area contributed by atoms with Crippen molar-refractivity contribution < 1.29 is 19.1 Å². The number of hydrogen-bond acceptors (Lipinski definition) is 7. The number of nitrogens with one attached hydrogen (secondary N) is 1. The molecule has 32 heavy (non-hydrogen) atoms. The summed E-state index contributed by atoms with van der Waals surface area (Å²) >= 11 is 7.42. The zero-order chi connectivity index (χ0) is 22.1. The summed E-state index contributed by atoms with van der Waals surface area (Å²) in [5.74, 6) is 0.852. The molecule has 0 spiro atoms. The maximum absolute atomic E-state index is 12.9. The average molecular weight is 471 g/mol. The van der Waals surface area contributed by atoms with Crippen molar-refractivity contribution >= 4 is 40.4 Å². The lowest BCUT2D eigenvalue weighted by molar-refractivity contribution is -0.131. The van der Waals surface area contributed by atoms with Crippen LogP contribution in [0.1, 0.15) is 39.3 Å². The van der Waals surface area contributed by atoms with Crippen LogP contribution in [0.25, 0.3) is 0 Å². The van der Waals surface area contributed by atoms with Crippen molar-refractivity contribution in [1.29, 1.82) is 0 Å². The molecule has 3 heterocycles. The largest absolute Gasteiger partial charge is 0.454 e. The van der Waals surface area contributed by atoms with E-state index >= 15 is 0 Å². The van der Waals surface area contributed by atoms with Crippen molar-refractivity contribution in [1.82, 2.24) is 15.1 Å². The molecule has 8 nitrogen and oxygen atoms in total. The zero-order valence-electron chi connectivity index (χ0n) is 16.9. The molecule has 10 heteroatoms. The minimum absolute atomic E-state index is 0.0119. The van der Waals surface area contributed by atoms with Gasteiger partial charge in [0.2, 0.25) is 17.7 Å². The fraction of sp³-hybridized carbons (Fsp3) is 0.273. The predicted octanol–water partition coefficient (Wildman–Crippen LogP) is 4.08. The topological polar surface area (TPSA) is 93.7 Å². The highest BCUT2D eigenvalue weighted by atomic mass is 35.5. The number of benzene rings is 2. The van der Waals surface area contributed by atoms with Gasteiger partial charge in [0.15, 0.2) is 11.5 Å². The Morgan fingerprint density at radius 3 is 2.88 bits per heavy atom. The van der Waals surface area contributed by atoms with Gasteiger partial charge in [-0.25, -0.2) is 0 Å². The Balaban J connectivity index is 1.27. The molecule has 0 unspecified atom stereocenters. The van der Waals surface area contributed by atoms with Crippen molar-refractivity contribution in [3.8, 4) is 11.5 Å². The molecule has 0 saturated carbocycles. The lowest BCUT2D eigenvalue weighted by Gasteiger charge is -2.23. The highest BCUT2D eigenvalue weighted by Crippen LogP contribution is 2.36. The van der Waals surface area contributed by atoms with Crippen LogP contribution in [0.4, 0.5) is 5.69 Å². The molecule has 1 N–H and O–H groups in total. The van der Waals surface area contributed by atoms with Gasteiger partial charge < -0.3 is 19.7 Å². The van der Waals surface area contributed by atoms with Gasteiger partial charge in [0.05, 0.1) is 12.5 Å². The summed E-state index contributed by atoms with van der Waals surface area (Å²) in [6.07, 6.45) is 1.89. The number of fused-ring (bicyclic) bond motifs is 1. The molecule has 2 aromatic carbocycles. The molecule has 2 aliphatic rings. The molecule has 1 saturated heterocycles. The van der Waals surface area contributed by atoms with E-state index < -0.39 is 0 Å². The van der Waals surface area contributed by atoms with Crippen LogP contribution in [-0.2, 0) is 11.2 Å². The van der Waals surface area contributed by atoms with E-state index in [2.05, 4.69) is 15.5 Å². The van der Waals surface area contributed by atoms with Crippen molar-refractivity contribution in [3.05, 3.63) is 63.1 Å². The summed E-state index contributed by atoms with van der Waals surface area (Å²) in [5.41, 5.74) is 1.37. The minimum Gasteiger partial charge on any atom is -0.454 e. The van der Waals surface area contributed by atoms with Crippen molar-refractivity contribution in [3.63, 3.8) is 0 Å². The second-order valence-corrected chi connectivity index (χ2v) is 8.90. The first-order valence-corrected chi connectivity index (χ1v) is 11.4. The molecular weight excluding hydrogens is 452 g/mol. The fourth-order valence-corrected chi connectivity index (χ4v) is 4.94. The molecule has 2 aliphatic heterocycles. The Bertz CT molecular complexity index is 1180. The summed E-state index contributed by atoms with van der Waals surface area (Å²) in [7, 11) is 0. The summed E-state index contributed by atoms with van der Waals surface area (Å²) in [6, 6.07) is 12.3. The van der Waals surface area contributed by atoms with Gasteiger partial charge in [-0.3, -0.25) is 9.59 Å². The number of carbonyl (C=O) groups excluding carboxylic acids is 2. The third-order valence-corrected chi connectivity index (χ3v) is 6.82. The van der Waals surface area contributed by atoms with Gasteiger partial charge in [-0.15, -0.1) is 10.2 Å². The molecule has 5 rings (SSSR count). The van der Waals surface area contributed by atoms with Crippen LogP contribution in [0.2, 0.25) is 5.02 Å². The average Bonchev–Trinajstić information content (AvgIpc) is 3.54. The van der Waals surface area contributed by atoms with Crippen LogP contribution < -0.4 is 14.8 Å². The summed E-state index contributed by atoms with van der Waals surface area (Å²) in [5, 5.41) is 12.6. The van der Waals surface area contributed by atoms with E-state index in [1.54, 1.807) is 24.3 Å². The van der Waals surface area contributed by atoms with Gasteiger partial charge in [-0.05, 0) is 36.6 Å². The number of anilines is 1. The Morgan fingerprint density at radius 2 is 2.00 bits per heavy atom. The first kappa shape index (κ1) is 20.7. The van der Waals surface area contributed by atoms with Crippen molar-refractivity contribution in [2.75, 3.05) is 18.7 Å². The lowest BCUT2D eigenvalue weighted by atomic mass is 10.1. The summed E-state index contributed by atoms with van der Waals surface area (Å²) in [4.78, 5) is 27.4. The fourth-order valence-electron chi connectivity index (χ4n) is 3.85. The highest BCUT2D eigenvalue weighted by molar-refractivity contribution is 7.13. The predicted molar refractivity (Wildman–Crippen MR) is 119 cm³/mol. The van der Waals surface area contributed by atoms with E-state index in [4.69, 9.17) is 21.1 Å². The second-order valence-electron chi connectivity index (χ2n) is 7.48. The lowest BCUT2D eigenvalue weighted by Crippen LogP contribution is -2.31. The first-order chi connectivity index (χ1) is 15.6. The molecule has 1 fully saturated rings. The van der Waals surface area contributed by atoms with Crippen LogP contribution in [0.15, 0.2) is 42.5 Å². The minimum atomic E-state index is -0.362. The number of aromatic nitrogens is 2. The molecule has 2 amide bonds. The Labute approximate surface area is 193 Å². The third kappa shape index (κ3) is 4.13. The van der Waals surface area contributed by atoms with E-state index in [1.165, 1.54) is 11.3 Å². The van der Waals surface area contributed by atoms with Gasteiger partial charge in [0.1, 0.15) is 5.01 Å². The number of carbonyl (C=O) groups is 2. The van der Waals surface area contributed by atoms with E-state index in [9.17, 15) is 9.59 Å². The zero-order valence-corrected chi connectivity index (χ0v) is 18.5. The Kier molecular flexibility index (Phi) is 5.67. The SMILES string of the molecule is O=C(Nc1ccc2c(c1)OCO2)c1nnc([C@@H]2CCCN2C(=O)Cc2ccccc2Cl)s1. The van der Waals surface area contributed by atoms with Gasteiger partial charge >= 0.3 is 0 Å². The Morgan fingerprint density at radius 1 is 1.16 bits per heavy atom. The molecule has 1 atom stereocenters. The molecule has 3 aromatic rings. The normalized spacial score (nSPS) is 16.9. The number of rotatable bonds is 5. The summed E-state index contributed by atoms with van der Waals surface area (Å²) in [6.45, 7) is 0.811. The maximum atomic E-state index is 12.9. The smallest absolute Gasteiger partial charge is 0.286 e. The van der Waals surface area contributed by atoms with Crippen LogP contribution in [0, 0.1) is 0 Å². The van der Waals surface area contributed by atoms with Crippen LogP contribution in [0.3, 0.4) is 0 Å². The van der Waals surface area contributed by atoms with Crippen LogP contribution in [-0.4, -0.2) is 40.2 Å². The number of hydrogen-bond donors (Lipinski definition) is 1. The molecule has 0 aliphatic carbocycles. The van der Waals surface area contributed by atoms with Crippen LogP contribution in [0.5, 0.6) is 11.5 Å². The highest BCUT2D eigenvalue weighted by Gasteiger charge is 2.33. The van der Waals surface area contributed by atoms with Gasteiger partial charge in [0, 0.05) is 23.3 Å². The van der Waals surface area contributed by atoms with Gasteiger partial charge in [-0.2, -0.15) is 0 Å². The maximum Gasteiger partial charge on any atom is 0.286 e. The molecular formula is C22H19ClN4O4S. The van der Waals surface area contributed by atoms with Gasteiger partial charge in [-0.1, -0.05) is 41.1 Å². The standard InChI is InChI=1S/C22H19ClN4O4S/c23-15-5-2-1-4-13(15)10-19(28)27-9-3-6-16(27)21-25-26-22(32-21)20(29)24-14-7-8-17-18(11-14)31-12-30-17/h1-2,4-5,7-8,11,16H,3,6,9-10,12H2,(H,24,29)/t16-/m0/s1. The number of likely N-dealkylation sites (tertiary alicyclic amines) is 1.